The second-order valence-electron chi connectivity index (χ2n) is 4.47. The van der Waals surface area contributed by atoms with E-state index in [1.165, 1.54) is 11.8 Å². The maximum Gasteiger partial charge on any atom is 0.343 e. The normalized spacial score (nSPS) is 25.1. The summed E-state index contributed by atoms with van der Waals surface area (Å²) in [7, 11) is 0. The zero-order valence-electron chi connectivity index (χ0n) is 10.1. The highest BCUT2D eigenvalue weighted by atomic mass is 32.2. The summed E-state index contributed by atoms with van der Waals surface area (Å²) in [4.78, 5) is 11.5. The van der Waals surface area contributed by atoms with Gasteiger partial charge >= 0.3 is 5.69 Å². The number of hydrogen-bond donors (Lipinski definition) is 2. The topological polar surface area (TPSA) is 70.9 Å². The maximum absolute atomic E-state index is 11.5. The van der Waals surface area contributed by atoms with Crippen molar-refractivity contribution in [2.75, 3.05) is 0 Å². The first kappa shape index (κ1) is 12.7. The summed E-state index contributed by atoms with van der Waals surface area (Å²) in [6, 6.07) is 0. The third kappa shape index (κ3) is 2.93. The maximum atomic E-state index is 11.5. The van der Waals surface area contributed by atoms with Gasteiger partial charge in [-0.3, -0.25) is 4.57 Å². The second-order valence-corrected chi connectivity index (χ2v) is 5.68. The molecule has 1 heterocycles. The van der Waals surface area contributed by atoms with Crippen molar-refractivity contribution in [1.82, 2.24) is 14.8 Å². The molecule has 1 aromatic rings. The average molecular weight is 257 g/mol. The molecule has 0 radical (unpaired) electrons. The van der Waals surface area contributed by atoms with Crippen molar-refractivity contribution in [3.63, 3.8) is 0 Å². The van der Waals surface area contributed by atoms with Gasteiger partial charge < -0.3 is 5.11 Å². The number of aromatic nitrogens is 3. The van der Waals surface area contributed by atoms with Crippen molar-refractivity contribution >= 4 is 11.8 Å². The van der Waals surface area contributed by atoms with Crippen LogP contribution in [-0.4, -0.2) is 31.2 Å². The first-order valence-corrected chi connectivity index (χ1v) is 7.10. The zero-order valence-corrected chi connectivity index (χ0v) is 10.9. The predicted molar refractivity (Wildman–Crippen MR) is 67.3 cm³/mol. The molecule has 1 aromatic heterocycles. The van der Waals surface area contributed by atoms with Crippen LogP contribution < -0.4 is 5.69 Å². The van der Waals surface area contributed by atoms with E-state index >= 15 is 0 Å². The Morgan fingerprint density at radius 2 is 2.29 bits per heavy atom. The number of thioether (sulfide) groups is 1. The molecule has 1 fully saturated rings. The Kier molecular flexibility index (Phi) is 4.28. The highest BCUT2D eigenvalue weighted by Crippen LogP contribution is 2.32. The van der Waals surface area contributed by atoms with Gasteiger partial charge in [-0.05, 0) is 19.3 Å². The van der Waals surface area contributed by atoms with Crippen LogP contribution in [0.1, 0.15) is 39.0 Å². The van der Waals surface area contributed by atoms with Crippen LogP contribution in [-0.2, 0) is 6.54 Å². The Morgan fingerprint density at radius 1 is 1.53 bits per heavy atom. The van der Waals surface area contributed by atoms with Crippen LogP contribution in [0.4, 0.5) is 0 Å². The number of nitrogens with zero attached hydrogens (tertiary/aromatic N) is 2. The SMILES string of the molecule is CCCn1c(SC2CCCCC2O)n[nH]c1=O. The Balaban J connectivity index is 2.09. The number of aliphatic hydroxyl groups excluding tert-OH is 1. The highest BCUT2D eigenvalue weighted by molar-refractivity contribution is 7.99. The van der Waals surface area contributed by atoms with Crippen LogP contribution in [0.5, 0.6) is 0 Å². The van der Waals surface area contributed by atoms with Crippen LogP contribution in [0, 0.1) is 0 Å². The monoisotopic (exact) mass is 257 g/mol. The van der Waals surface area contributed by atoms with Crippen LogP contribution in [0.15, 0.2) is 9.95 Å². The molecule has 1 aliphatic rings. The molecule has 0 amide bonds. The highest BCUT2D eigenvalue weighted by Gasteiger charge is 2.26. The molecule has 2 rings (SSSR count). The van der Waals surface area contributed by atoms with Crippen molar-refractivity contribution in [3.8, 4) is 0 Å². The fourth-order valence-corrected chi connectivity index (χ4v) is 3.41. The number of nitrogens with one attached hydrogen (secondary N) is 1. The lowest BCUT2D eigenvalue weighted by atomic mass is 9.97. The molecule has 5 nitrogen and oxygen atoms in total. The van der Waals surface area contributed by atoms with Crippen molar-refractivity contribution in [3.05, 3.63) is 10.5 Å². The Bertz CT molecular complexity index is 415. The van der Waals surface area contributed by atoms with E-state index in [-0.39, 0.29) is 17.0 Å². The quantitative estimate of drug-likeness (QED) is 0.855. The summed E-state index contributed by atoms with van der Waals surface area (Å²) in [5.41, 5.74) is -0.153. The van der Waals surface area contributed by atoms with E-state index < -0.39 is 0 Å². The first-order chi connectivity index (χ1) is 8.22. The lowest BCUT2D eigenvalue weighted by Crippen LogP contribution is -2.27. The van der Waals surface area contributed by atoms with Crippen LogP contribution in [0.3, 0.4) is 0 Å². The van der Waals surface area contributed by atoms with Crippen molar-refractivity contribution in [1.29, 1.82) is 0 Å². The zero-order chi connectivity index (χ0) is 12.3. The Morgan fingerprint density at radius 3 is 3.00 bits per heavy atom. The standard InChI is InChI=1S/C11H19N3O2S/c1-2-7-14-10(16)12-13-11(14)17-9-6-4-3-5-8(9)15/h8-9,15H,2-7H2,1H3,(H,12,16). The molecule has 2 unspecified atom stereocenters. The van der Waals surface area contributed by atoms with Gasteiger partial charge in [0.05, 0.1) is 6.10 Å². The van der Waals surface area contributed by atoms with Gasteiger partial charge in [-0.1, -0.05) is 31.5 Å². The molecule has 2 N–H and O–H groups in total. The van der Waals surface area contributed by atoms with Gasteiger partial charge in [-0.25, -0.2) is 9.89 Å². The van der Waals surface area contributed by atoms with Crippen molar-refractivity contribution in [2.45, 2.75) is 62.1 Å². The average Bonchev–Trinajstić information content (AvgIpc) is 2.65. The van der Waals surface area contributed by atoms with Crippen molar-refractivity contribution in [2.24, 2.45) is 0 Å². The lowest BCUT2D eigenvalue weighted by molar-refractivity contribution is 0.136. The van der Waals surface area contributed by atoms with Gasteiger partial charge in [0.25, 0.3) is 0 Å². The largest absolute Gasteiger partial charge is 0.392 e. The van der Waals surface area contributed by atoms with E-state index in [1.54, 1.807) is 4.57 Å². The molecule has 0 aliphatic heterocycles. The van der Waals surface area contributed by atoms with Crippen LogP contribution >= 0.6 is 11.8 Å². The summed E-state index contributed by atoms with van der Waals surface area (Å²) in [6.45, 7) is 2.71. The predicted octanol–water partition coefficient (Wildman–Crippen LogP) is 1.38. The Hall–Kier alpha value is -0.750. The molecule has 0 saturated heterocycles. The van der Waals surface area contributed by atoms with Crippen molar-refractivity contribution < 1.29 is 5.11 Å². The molecule has 2 atom stereocenters. The fraction of sp³-hybridized carbons (Fsp3) is 0.818. The minimum Gasteiger partial charge on any atom is -0.392 e. The molecule has 1 saturated carbocycles. The van der Waals surface area contributed by atoms with E-state index in [2.05, 4.69) is 10.2 Å². The smallest absolute Gasteiger partial charge is 0.343 e. The summed E-state index contributed by atoms with van der Waals surface area (Å²) in [5.74, 6) is 0. The molecule has 96 valence electrons. The summed E-state index contributed by atoms with van der Waals surface area (Å²) in [6.07, 6.45) is 4.74. The van der Waals surface area contributed by atoms with E-state index in [0.717, 1.165) is 32.1 Å². The van der Waals surface area contributed by atoms with Gasteiger partial charge in [0.2, 0.25) is 0 Å². The minimum atomic E-state index is -0.268. The number of rotatable bonds is 4. The summed E-state index contributed by atoms with van der Waals surface area (Å²) >= 11 is 1.53. The fourth-order valence-electron chi connectivity index (χ4n) is 2.16. The first-order valence-electron chi connectivity index (χ1n) is 6.22. The third-order valence-corrected chi connectivity index (χ3v) is 4.47. The number of aliphatic hydroxyl groups is 1. The molecule has 0 aromatic carbocycles. The minimum absolute atomic E-state index is 0.153. The van der Waals surface area contributed by atoms with E-state index in [4.69, 9.17) is 0 Å². The van der Waals surface area contributed by atoms with Crippen LogP contribution in [0.25, 0.3) is 0 Å². The summed E-state index contributed by atoms with van der Waals surface area (Å²) in [5, 5.41) is 17.3. The van der Waals surface area contributed by atoms with Gasteiger partial charge in [0.15, 0.2) is 5.16 Å². The lowest BCUT2D eigenvalue weighted by Gasteiger charge is -2.26. The van der Waals surface area contributed by atoms with Gasteiger partial charge in [0.1, 0.15) is 0 Å². The van der Waals surface area contributed by atoms with E-state index in [0.29, 0.717) is 11.7 Å². The third-order valence-electron chi connectivity index (χ3n) is 3.09. The molecular weight excluding hydrogens is 238 g/mol. The molecule has 1 aliphatic carbocycles. The molecule has 0 spiro atoms. The number of aromatic amines is 1. The second kappa shape index (κ2) is 5.73. The molecule has 0 bridgehead atoms. The number of hydrogen-bond acceptors (Lipinski definition) is 4. The summed E-state index contributed by atoms with van der Waals surface area (Å²) < 4.78 is 1.66. The van der Waals surface area contributed by atoms with E-state index in [1.807, 2.05) is 6.92 Å². The van der Waals surface area contributed by atoms with Gasteiger partial charge in [0, 0.05) is 11.8 Å². The molecular formula is C11H19N3O2S. The molecule has 6 heteroatoms. The van der Waals surface area contributed by atoms with Crippen LogP contribution in [0.2, 0.25) is 0 Å². The Labute approximate surface area is 105 Å². The van der Waals surface area contributed by atoms with Gasteiger partial charge in [-0.2, -0.15) is 0 Å². The molecule has 17 heavy (non-hydrogen) atoms. The van der Waals surface area contributed by atoms with E-state index in [9.17, 15) is 9.90 Å². The van der Waals surface area contributed by atoms with Gasteiger partial charge in [-0.15, -0.1) is 5.10 Å². The number of H-pyrrole nitrogens is 1.